The van der Waals surface area contributed by atoms with Crippen LogP contribution in [0.25, 0.3) is 5.65 Å². The molecule has 0 aliphatic heterocycles. The highest BCUT2D eigenvalue weighted by atomic mass is 31.0. The van der Waals surface area contributed by atoms with E-state index in [1.54, 1.807) is 29.7 Å². The Hall–Kier alpha value is -2.03. The first-order valence-corrected chi connectivity index (χ1v) is 9.39. The lowest BCUT2D eigenvalue weighted by molar-refractivity contribution is -0.139. The van der Waals surface area contributed by atoms with Gasteiger partial charge in [-0.05, 0) is 24.5 Å². The third-order valence-corrected chi connectivity index (χ3v) is 4.41. The largest absolute Gasteiger partial charge is 0.348 e. The van der Waals surface area contributed by atoms with E-state index in [-0.39, 0.29) is 12.3 Å². The zero-order valence-electron chi connectivity index (χ0n) is 16.3. The molecule has 2 unspecified atom stereocenters. The summed E-state index contributed by atoms with van der Waals surface area (Å²) in [5, 5.41) is 16.6. The fourth-order valence-electron chi connectivity index (χ4n) is 2.88. The highest BCUT2D eigenvalue weighted by Crippen LogP contribution is 2.33. The number of rotatable bonds is 7. The van der Waals surface area contributed by atoms with Crippen LogP contribution in [0.1, 0.15) is 44.9 Å². The van der Waals surface area contributed by atoms with Gasteiger partial charge in [0.05, 0.1) is 29.6 Å². The summed E-state index contributed by atoms with van der Waals surface area (Å²) in [6.07, 6.45) is 4.87. The lowest BCUT2D eigenvalue weighted by Gasteiger charge is -2.31. The molecule has 2 aromatic rings. The van der Waals surface area contributed by atoms with Gasteiger partial charge in [-0.3, -0.25) is 9.88 Å². The summed E-state index contributed by atoms with van der Waals surface area (Å²) in [5.41, 5.74) is 1.81. The Balaban J connectivity index is 0.00000163. The number of aromatic nitrogens is 3. The van der Waals surface area contributed by atoms with E-state index < -0.39 is 5.41 Å². The fourth-order valence-corrected chi connectivity index (χ4v) is 3.09. The third kappa shape index (κ3) is 5.00. The van der Waals surface area contributed by atoms with Crippen molar-refractivity contribution in [2.45, 2.75) is 46.6 Å². The fraction of sp³-hybridized carbons (Fsp3) is 0.556. The van der Waals surface area contributed by atoms with Crippen molar-refractivity contribution in [1.82, 2.24) is 24.6 Å². The van der Waals surface area contributed by atoms with E-state index >= 15 is 0 Å². The van der Waals surface area contributed by atoms with E-state index in [9.17, 15) is 10.1 Å². The first-order chi connectivity index (χ1) is 12.5. The molecule has 1 amide bonds. The minimum Gasteiger partial charge on any atom is -0.348 e. The molecule has 2 heterocycles. The molecule has 0 saturated carbocycles. The molecule has 0 spiro atoms. The molecule has 0 bridgehead atoms. The summed E-state index contributed by atoms with van der Waals surface area (Å²) in [6, 6.07) is 4.11. The average molecular weight is 376 g/mol. The molecule has 0 aliphatic rings. The van der Waals surface area contributed by atoms with Gasteiger partial charge in [0.2, 0.25) is 5.91 Å². The average Bonchev–Trinajstić information content (AvgIpc) is 3.04. The number of hydrogen-bond acceptors (Lipinski definition) is 5. The first-order valence-electron chi connectivity index (χ1n) is 8.81. The summed E-state index contributed by atoms with van der Waals surface area (Å²) in [6.45, 7) is 6.58. The number of nitrogens with zero attached hydrogens (tertiary/aromatic N) is 5. The molecule has 2 rings (SSSR count). The topological polar surface area (TPSA) is 86.3 Å². The first kappa shape index (κ1) is 22.0. The van der Waals surface area contributed by atoms with Crippen molar-refractivity contribution in [3.63, 3.8) is 0 Å². The van der Waals surface area contributed by atoms with Gasteiger partial charge >= 0.3 is 0 Å². The van der Waals surface area contributed by atoms with Crippen molar-refractivity contribution in [2.75, 3.05) is 14.1 Å². The van der Waals surface area contributed by atoms with Crippen molar-refractivity contribution >= 4 is 20.9 Å². The van der Waals surface area contributed by atoms with E-state index in [1.807, 2.05) is 33.0 Å². The molecular weight excluding hydrogens is 347 g/mol. The number of hydrogen-bond donors (Lipinski definition) is 1. The Morgan fingerprint density at radius 1 is 1.46 bits per heavy atom. The van der Waals surface area contributed by atoms with Gasteiger partial charge in [-0.15, -0.1) is 0 Å². The lowest BCUT2D eigenvalue weighted by Crippen LogP contribution is -2.41. The number of carbonyl (C=O) groups excluding carboxylic acids is 1. The molecule has 0 radical (unpaired) electrons. The summed E-state index contributed by atoms with van der Waals surface area (Å²) in [7, 11) is 5.89. The molecule has 1 N–H and O–H groups in total. The van der Waals surface area contributed by atoms with Crippen LogP contribution in [0, 0.1) is 16.7 Å². The number of nitriles is 1. The molecule has 0 fully saturated rings. The minimum atomic E-state index is -0.727. The minimum absolute atomic E-state index is 0.0253. The number of imidazole rings is 1. The number of carbonyl (C=O) groups is 1. The van der Waals surface area contributed by atoms with Crippen molar-refractivity contribution in [2.24, 2.45) is 5.41 Å². The Morgan fingerprint density at radius 3 is 2.69 bits per heavy atom. The second-order valence-electron chi connectivity index (χ2n) is 6.12. The Kier molecular flexibility index (Phi) is 8.64. The monoisotopic (exact) mass is 376 g/mol. The second-order valence-corrected chi connectivity index (χ2v) is 6.53. The molecule has 0 aromatic carbocycles. The van der Waals surface area contributed by atoms with Gasteiger partial charge in [0.1, 0.15) is 0 Å². The summed E-state index contributed by atoms with van der Waals surface area (Å²) >= 11 is 0. The van der Waals surface area contributed by atoms with Crippen molar-refractivity contribution in [1.29, 1.82) is 5.26 Å². The standard InChI is InChI=1S/C16H23N6OP.C2H6/c1-4-16(5-6-17,15(23)21(2)3)8-12-7-14-20-13(10-19-24)11-22(14)18-9-12;1-2/h7,9,11,19H,4-5,8,10,24H2,1-3H3;1-2H3. The molecule has 0 saturated heterocycles. The van der Waals surface area contributed by atoms with Crippen LogP contribution in [0.4, 0.5) is 0 Å². The van der Waals surface area contributed by atoms with Gasteiger partial charge in [-0.25, -0.2) is 9.50 Å². The molecular formula is C18H29N6OP. The van der Waals surface area contributed by atoms with Crippen LogP contribution in [-0.4, -0.2) is 39.5 Å². The maximum Gasteiger partial charge on any atom is 0.229 e. The van der Waals surface area contributed by atoms with Crippen LogP contribution in [0.15, 0.2) is 18.5 Å². The van der Waals surface area contributed by atoms with Crippen LogP contribution in [0.3, 0.4) is 0 Å². The third-order valence-electron chi connectivity index (χ3n) is 4.21. The molecule has 26 heavy (non-hydrogen) atoms. The smallest absolute Gasteiger partial charge is 0.229 e. The van der Waals surface area contributed by atoms with Gasteiger partial charge in [-0.1, -0.05) is 30.2 Å². The van der Waals surface area contributed by atoms with Crippen LogP contribution in [-0.2, 0) is 17.8 Å². The summed E-state index contributed by atoms with van der Waals surface area (Å²) in [4.78, 5) is 18.7. The van der Waals surface area contributed by atoms with Crippen LogP contribution >= 0.6 is 9.39 Å². The Morgan fingerprint density at radius 2 is 2.15 bits per heavy atom. The van der Waals surface area contributed by atoms with Gasteiger partial charge in [-0.2, -0.15) is 10.4 Å². The zero-order chi connectivity index (χ0) is 19.7. The van der Waals surface area contributed by atoms with Crippen LogP contribution in [0.5, 0.6) is 0 Å². The molecule has 7 nitrogen and oxygen atoms in total. The Labute approximate surface area is 158 Å². The Bertz CT molecular complexity index is 767. The molecule has 8 heteroatoms. The van der Waals surface area contributed by atoms with Gasteiger partial charge in [0.15, 0.2) is 5.65 Å². The molecule has 2 aromatic heterocycles. The number of nitrogens with one attached hydrogen (secondary N) is 1. The van der Waals surface area contributed by atoms with Gasteiger partial charge < -0.3 is 4.90 Å². The quantitative estimate of drug-likeness (QED) is 0.751. The normalized spacial score (nSPS) is 12.7. The van der Waals surface area contributed by atoms with Crippen LogP contribution < -0.4 is 5.09 Å². The molecule has 0 aliphatic carbocycles. The predicted octanol–water partition coefficient (Wildman–Crippen LogP) is 2.58. The SMILES string of the molecule is CC.CCC(CC#N)(Cc1cnn2cc(CNP)nc2c1)C(=O)N(C)C. The lowest BCUT2D eigenvalue weighted by atomic mass is 9.76. The van der Waals surface area contributed by atoms with Crippen LogP contribution in [0.2, 0.25) is 0 Å². The van der Waals surface area contributed by atoms with Crippen molar-refractivity contribution in [3.8, 4) is 6.07 Å². The zero-order valence-corrected chi connectivity index (χ0v) is 17.4. The van der Waals surface area contributed by atoms with E-state index in [1.165, 1.54) is 0 Å². The van der Waals surface area contributed by atoms with Crippen molar-refractivity contribution in [3.05, 3.63) is 29.7 Å². The second kappa shape index (κ2) is 10.2. The number of amides is 1. The van der Waals surface area contributed by atoms with Gasteiger partial charge in [0, 0.05) is 27.1 Å². The molecule has 2 atom stereocenters. The highest BCUT2D eigenvalue weighted by Gasteiger charge is 2.38. The summed E-state index contributed by atoms with van der Waals surface area (Å²) in [5.74, 6) is -0.0253. The van der Waals surface area contributed by atoms with E-state index in [0.29, 0.717) is 19.4 Å². The maximum absolute atomic E-state index is 12.7. The van der Waals surface area contributed by atoms with Gasteiger partial charge in [0.25, 0.3) is 0 Å². The predicted molar refractivity (Wildman–Crippen MR) is 106 cm³/mol. The van der Waals surface area contributed by atoms with E-state index in [0.717, 1.165) is 16.9 Å². The van der Waals surface area contributed by atoms with E-state index in [4.69, 9.17) is 0 Å². The highest BCUT2D eigenvalue weighted by molar-refractivity contribution is 7.13. The molecule has 142 valence electrons. The van der Waals surface area contributed by atoms with Crippen molar-refractivity contribution < 1.29 is 4.79 Å². The number of fused-ring (bicyclic) bond motifs is 1. The van der Waals surface area contributed by atoms with E-state index in [2.05, 4.69) is 30.6 Å². The summed E-state index contributed by atoms with van der Waals surface area (Å²) < 4.78 is 1.71. The maximum atomic E-state index is 12.7.